The Kier molecular flexibility index (Phi) is 3.91. The number of halogens is 3. The monoisotopic (exact) mass is 344 g/mol. The van der Waals surface area contributed by atoms with E-state index in [9.17, 15) is 18.0 Å². The summed E-state index contributed by atoms with van der Waals surface area (Å²) >= 11 is 1.03. The van der Waals surface area contributed by atoms with Crippen LogP contribution in [0.25, 0.3) is 0 Å². The molecule has 1 aliphatic carbocycles. The molecule has 2 aromatic rings. The van der Waals surface area contributed by atoms with Crippen molar-refractivity contribution in [2.75, 3.05) is 11.4 Å². The van der Waals surface area contributed by atoms with Gasteiger partial charge in [-0.2, -0.15) is 18.3 Å². The van der Waals surface area contributed by atoms with Crippen molar-refractivity contribution in [1.82, 2.24) is 14.8 Å². The third kappa shape index (κ3) is 3.10. The largest absolute Gasteiger partial charge is 0.406 e. The molecule has 0 unspecified atom stereocenters. The van der Waals surface area contributed by atoms with Gasteiger partial charge in [-0.05, 0) is 26.2 Å². The first kappa shape index (κ1) is 16.0. The number of rotatable bonds is 3. The minimum absolute atomic E-state index is 0.0535. The number of aromatic nitrogens is 3. The van der Waals surface area contributed by atoms with Gasteiger partial charge in [0, 0.05) is 18.0 Å². The first-order valence-electron chi connectivity index (χ1n) is 7.12. The van der Waals surface area contributed by atoms with Crippen molar-refractivity contribution in [3.63, 3.8) is 0 Å². The van der Waals surface area contributed by atoms with E-state index in [2.05, 4.69) is 10.1 Å². The highest BCUT2D eigenvalue weighted by Crippen LogP contribution is 2.30. The number of hydrogen-bond donors (Lipinski definition) is 0. The topological polar surface area (TPSA) is 51.0 Å². The van der Waals surface area contributed by atoms with Crippen LogP contribution in [-0.4, -0.2) is 33.4 Å². The normalized spacial score (nSPS) is 14.1. The van der Waals surface area contributed by atoms with Crippen molar-refractivity contribution in [3.05, 3.63) is 28.0 Å². The van der Waals surface area contributed by atoms with E-state index >= 15 is 0 Å². The molecule has 5 nitrogen and oxygen atoms in total. The maximum absolute atomic E-state index is 12.9. The van der Waals surface area contributed by atoms with Crippen LogP contribution in [0.1, 0.15) is 33.9 Å². The number of hydrogen-bond acceptors (Lipinski definition) is 4. The third-order valence-electron chi connectivity index (χ3n) is 3.69. The van der Waals surface area contributed by atoms with Gasteiger partial charge >= 0.3 is 6.18 Å². The number of aryl methyl sites for hydroxylation is 3. The number of anilines is 1. The van der Waals surface area contributed by atoms with E-state index < -0.39 is 18.6 Å². The summed E-state index contributed by atoms with van der Waals surface area (Å²) in [4.78, 5) is 17.6. The van der Waals surface area contributed by atoms with E-state index in [-0.39, 0.29) is 10.8 Å². The Morgan fingerprint density at radius 2 is 2.17 bits per heavy atom. The van der Waals surface area contributed by atoms with Crippen LogP contribution >= 0.6 is 11.3 Å². The fraction of sp³-hybridized carbons (Fsp3) is 0.500. The lowest BCUT2D eigenvalue weighted by molar-refractivity contribution is -0.118. The van der Waals surface area contributed by atoms with E-state index in [1.807, 2.05) is 0 Å². The summed E-state index contributed by atoms with van der Waals surface area (Å²) < 4.78 is 40.2. The first-order chi connectivity index (χ1) is 10.8. The van der Waals surface area contributed by atoms with Crippen LogP contribution in [0.5, 0.6) is 0 Å². The Bertz CT molecular complexity index is 750. The van der Waals surface area contributed by atoms with Crippen molar-refractivity contribution >= 4 is 22.4 Å². The fourth-order valence-corrected chi connectivity index (χ4v) is 3.59. The Hall–Kier alpha value is -1.90. The molecular formula is C14H15F3N4OS. The second-order valence-corrected chi connectivity index (χ2v) is 6.37. The summed E-state index contributed by atoms with van der Waals surface area (Å²) in [7, 11) is 1.59. The quantitative estimate of drug-likeness (QED) is 0.860. The van der Waals surface area contributed by atoms with Crippen LogP contribution in [0, 0.1) is 6.92 Å². The Labute approximate surface area is 134 Å². The van der Waals surface area contributed by atoms with Crippen LogP contribution in [0.15, 0.2) is 5.38 Å². The molecule has 0 aromatic carbocycles. The second-order valence-electron chi connectivity index (χ2n) is 5.53. The summed E-state index contributed by atoms with van der Waals surface area (Å²) in [5, 5.41) is 5.94. The van der Waals surface area contributed by atoms with E-state index in [0.717, 1.165) is 35.4 Å². The molecule has 0 spiro atoms. The molecule has 0 radical (unpaired) electrons. The summed E-state index contributed by atoms with van der Waals surface area (Å²) in [6.07, 6.45) is -2.21. The second kappa shape index (κ2) is 5.63. The zero-order chi connectivity index (χ0) is 16.8. The molecule has 1 amide bonds. The SMILES string of the molecule is Cc1csc(N(CC(F)(F)F)C(=O)c2c3c(nn2C)CCC3)n1. The predicted octanol–water partition coefficient (Wildman–Crippen LogP) is 2.88. The lowest BCUT2D eigenvalue weighted by atomic mass is 10.2. The van der Waals surface area contributed by atoms with Crippen LogP contribution in [-0.2, 0) is 19.9 Å². The maximum atomic E-state index is 12.9. The van der Waals surface area contributed by atoms with Gasteiger partial charge in [-0.1, -0.05) is 0 Å². The Morgan fingerprint density at radius 1 is 1.43 bits per heavy atom. The van der Waals surface area contributed by atoms with Gasteiger partial charge in [-0.25, -0.2) is 4.98 Å². The average molecular weight is 344 g/mol. The molecular weight excluding hydrogens is 329 g/mol. The summed E-state index contributed by atoms with van der Waals surface area (Å²) in [5.41, 5.74) is 2.38. The Morgan fingerprint density at radius 3 is 2.78 bits per heavy atom. The number of fused-ring (bicyclic) bond motifs is 1. The summed E-state index contributed by atoms with van der Waals surface area (Å²) in [6, 6.07) is 0. The molecule has 2 heterocycles. The summed E-state index contributed by atoms with van der Waals surface area (Å²) in [6.45, 7) is 0.316. The van der Waals surface area contributed by atoms with Gasteiger partial charge in [0.25, 0.3) is 5.91 Å². The number of carbonyl (C=O) groups is 1. The van der Waals surface area contributed by atoms with Crippen LogP contribution in [0.3, 0.4) is 0 Å². The highest BCUT2D eigenvalue weighted by molar-refractivity contribution is 7.14. The third-order valence-corrected chi connectivity index (χ3v) is 4.67. The maximum Gasteiger partial charge on any atom is 0.406 e. The van der Waals surface area contributed by atoms with Gasteiger partial charge in [0.15, 0.2) is 5.13 Å². The lowest BCUT2D eigenvalue weighted by Gasteiger charge is -2.21. The standard InChI is InChI=1S/C14H15F3N4OS/c1-8-6-23-13(18-8)21(7-14(15,16)17)12(22)11-9-4-3-5-10(9)19-20(11)2/h6H,3-5,7H2,1-2H3. The average Bonchev–Trinajstić information content (AvgIpc) is 3.10. The van der Waals surface area contributed by atoms with Gasteiger partial charge in [0.1, 0.15) is 12.2 Å². The zero-order valence-electron chi connectivity index (χ0n) is 12.6. The first-order valence-corrected chi connectivity index (χ1v) is 7.99. The molecule has 0 atom stereocenters. The molecule has 3 rings (SSSR count). The highest BCUT2D eigenvalue weighted by Gasteiger charge is 2.38. The van der Waals surface area contributed by atoms with Crippen LogP contribution in [0.2, 0.25) is 0 Å². The van der Waals surface area contributed by atoms with Crippen molar-refractivity contribution < 1.29 is 18.0 Å². The van der Waals surface area contributed by atoms with Crippen LogP contribution in [0.4, 0.5) is 18.3 Å². The molecule has 0 N–H and O–H groups in total. The molecule has 9 heteroatoms. The van der Waals surface area contributed by atoms with E-state index in [1.54, 1.807) is 19.4 Å². The molecule has 0 saturated carbocycles. The van der Waals surface area contributed by atoms with E-state index in [0.29, 0.717) is 17.0 Å². The highest BCUT2D eigenvalue weighted by atomic mass is 32.1. The number of carbonyl (C=O) groups excluding carboxylic acids is 1. The minimum Gasteiger partial charge on any atom is -0.273 e. The number of alkyl halides is 3. The fourth-order valence-electron chi connectivity index (χ4n) is 2.79. The number of nitrogens with zero attached hydrogens (tertiary/aromatic N) is 4. The zero-order valence-corrected chi connectivity index (χ0v) is 13.5. The van der Waals surface area contributed by atoms with Crippen LogP contribution < -0.4 is 4.90 Å². The van der Waals surface area contributed by atoms with Gasteiger partial charge in [0.05, 0.1) is 11.4 Å². The lowest BCUT2D eigenvalue weighted by Crippen LogP contribution is -2.40. The number of amides is 1. The number of thiazole rings is 1. The molecule has 2 aromatic heterocycles. The van der Waals surface area contributed by atoms with Crippen molar-refractivity contribution in [1.29, 1.82) is 0 Å². The summed E-state index contributed by atoms with van der Waals surface area (Å²) in [5.74, 6) is -0.699. The molecule has 0 fully saturated rings. The van der Waals surface area contributed by atoms with Crippen molar-refractivity contribution in [2.24, 2.45) is 7.05 Å². The van der Waals surface area contributed by atoms with Gasteiger partial charge in [-0.15, -0.1) is 11.3 Å². The molecule has 124 valence electrons. The predicted molar refractivity (Wildman–Crippen MR) is 79.8 cm³/mol. The van der Waals surface area contributed by atoms with Gasteiger partial charge in [0.2, 0.25) is 0 Å². The molecule has 1 aliphatic rings. The van der Waals surface area contributed by atoms with Gasteiger partial charge in [-0.3, -0.25) is 14.4 Å². The van der Waals surface area contributed by atoms with E-state index in [1.165, 1.54) is 4.68 Å². The van der Waals surface area contributed by atoms with Gasteiger partial charge < -0.3 is 0 Å². The smallest absolute Gasteiger partial charge is 0.273 e. The van der Waals surface area contributed by atoms with Crippen molar-refractivity contribution in [2.45, 2.75) is 32.4 Å². The Balaban J connectivity index is 2.01. The van der Waals surface area contributed by atoms with Crippen molar-refractivity contribution in [3.8, 4) is 0 Å². The minimum atomic E-state index is -4.50. The van der Waals surface area contributed by atoms with E-state index in [4.69, 9.17) is 0 Å². The molecule has 0 saturated heterocycles. The molecule has 0 aliphatic heterocycles. The molecule has 23 heavy (non-hydrogen) atoms. The molecule has 0 bridgehead atoms.